The van der Waals surface area contributed by atoms with E-state index in [1.54, 1.807) is 0 Å². The lowest BCUT2D eigenvalue weighted by molar-refractivity contribution is 0.364. The second-order valence-electron chi connectivity index (χ2n) is 5.27. The largest absolute Gasteiger partial charge is 0.315 e. The average Bonchev–Trinajstić information content (AvgIpc) is 2.00. The molecule has 1 nitrogen and oxygen atoms in total. The average molecular weight is 220 g/mol. The van der Waals surface area contributed by atoms with Gasteiger partial charge in [-0.1, -0.05) is 40.5 Å². The number of hydrogen-bond donors (Lipinski definition) is 1. The highest BCUT2D eigenvalue weighted by molar-refractivity contribution is 6.20. The van der Waals surface area contributed by atoms with Crippen molar-refractivity contribution in [2.24, 2.45) is 5.41 Å². The molecule has 0 aliphatic carbocycles. The maximum Gasteiger partial charge on any atom is 0.0465 e. The van der Waals surface area contributed by atoms with Gasteiger partial charge in [0, 0.05) is 11.9 Å². The molecule has 86 valence electrons. The summed E-state index contributed by atoms with van der Waals surface area (Å²) in [6, 6.07) is 0. The molecule has 0 aliphatic heterocycles. The molecule has 0 aromatic heterocycles. The van der Waals surface area contributed by atoms with E-state index in [0.717, 1.165) is 19.5 Å². The van der Waals surface area contributed by atoms with Gasteiger partial charge in [0.25, 0.3) is 0 Å². The van der Waals surface area contributed by atoms with Gasteiger partial charge in [-0.2, -0.15) is 0 Å². The van der Waals surface area contributed by atoms with Crippen LogP contribution in [0.15, 0.2) is 0 Å². The molecule has 0 radical (unpaired) electrons. The Kier molecular flexibility index (Phi) is 7.66. The molecule has 0 spiro atoms. The van der Waals surface area contributed by atoms with E-state index < -0.39 is 0 Å². The van der Waals surface area contributed by atoms with Gasteiger partial charge in [-0.05, 0) is 24.8 Å². The predicted octanol–water partition coefficient (Wildman–Crippen LogP) is 3.81. The second kappa shape index (κ2) is 7.53. The van der Waals surface area contributed by atoms with Gasteiger partial charge >= 0.3 is 0 Å². The number of alkyl halides is 1. The van der Waals surface area contributed by atoms with Crippen LogP contribution in [-0.2, 0) is 0 Å². The lowest BCUT2D eigenvalue weighted by Gasteiger charge is -2.22. The van der Waals surface area contributed by atoms with Gasteiger partial charge in [-0.25, -0.2) is 0 Å². The van der Waals surface area contributed by atoms with Gasteiger partial charge in [0.1, 0.15) is 0 Å². The van der Waals surface area contributed by atoms with Gasteiger partial charge in [-0.15, -0.1) is 11.6 Å². The van der Waals surface area contributed by atoms with E-state index in [-0.39, 0.29) is 5.38 Å². The van der Waals surface area contributed by atoms with Crippen molar-refractivity contribution in [1.82, 2.24) is 5.32 Å². The monoisotopic (exact) mass is 219 g/mol. The fourth-order valence-corrected chi connectivity index (χ4v) is 2.07. The summed E-state index contributed by atoms with van der Waals surface area (Å²) >= 11 is 6.22. The fourth-order valence-electron chi connectivity index (χ4n) is 1.50. The van der Waals surface area contributed by atoms with Crippen molar-refractivity contribution in [3.63, 3.8) is 0 Å². The highest BCUT2D eigenvalue weighted by Gasteiger charge is 2.15. The third-order valence-corrected chi connectivity index (χ3v) is 2.47. The van der Waals surface area contributed by atoms with Crippen molar-refractivity contribution in [2.45, 2.75) is 58.8 Å². The minimum absolute atomic E-state index is 0.275. The summed E-state index contributed by atoms with van der Waals surface area (Å²) in [5.41, 5.74) is 0.345. The Balaban J connectivity index is 3.31. The lowest BCUT2D eigenvalue weighted by atomic mass is 9.90. The molecule has 0 fully saturated rings. The molecule has 0 heterocycles. The first-order chi connectivity index (χ1) is 6.45. The maximum atomic E-state index is 6.22. The molecule has 1 unspecified atom stereocenters. The van der Waals surface area contributed by atoms with Crippen molar-refractivity contribution < 1.29 is 0 Å². The maximum absolute atomic E-state index is 6.22. The highest BCUT2D eigenvalue weighted by Crippen LogP contribution is 2.23. The molecule has 0 saturated heterocycles. The predicted molar refractivity (Wildman–Crippen MR) is 66.1 cm³/mol. The molecule has 0 bridgehead atoms. The summed E-state index contributed by atoms with van der Waals surface area (Å²) in [7, 11) is 0. The normalized spacial score (nSPS) is 14.4. The van der Waals surface area contributed by atoms with Crippen LogP contribution in [-0.4, -0.2) is 18.5 Å². The Morgan fingerprint density at radius 2 is 1.86 bits per heavy atom. The topological polar surface area (TPSA) is 12.0 Å². The van der Waals surface area contributed by atoms with Crippen LogP contribution in [0.4, 0.5) is 0 Å². The second-order valence-corrected chi connectivity index (χ2v) is 5.89. The van der Waals surface area contributed by atoms with Crippen molar-refractivity contribution in [1.29, 1.82) is 0 Å². The molecule has 0 aromatic carbocycles. The first-order valence-electron chi connectivity index (χ1n) is 5.80. The summed E-state index contributed by atoms with van der Waals surface area (Å²) in [4.78, 5) is 0. The standard InChI is InChI=1S/C12H26ClN/c1-5-6-7-8-14-10-11(13)9-12(2,3)4/h11,14H,5-10H2,1-4H3. The molecular weight excluding hydrogens is 194 g/mol. The minimum atomic E-state index is 0.275. The molecule has 0 aromatic rings. The number of halogens is 1. The molecule has 0 saturated carbocycles. The van der Waals surface area contributed by atoms with Gasteiger partial charge in [0.2, 0.25) is 0 Å². The Bertz CT molecular complexity index is 129. The molecular formula is C12H26ClN. The Labute approximate surface area is 94.6 Å². The van der Waals surface area contributed by atoms with Gasteiger partial charge < -0.3 is 5.32 Å². The first kappa shape index (κ1) is 14.2. The summed E-state index contributed by atoms with van der Waals surface area (Å²) in [5, 5.41) is 3.69. The number of rotatable bonds is 7. The fraction of sp³-hybridized carbons (Fsp3) is 1.00. The summed E-state index contributed by atoms with van der Waals surface area (Å²) in [6.45, 7) is 11.0. The van der Waals surface area contributed by atoms with E-state index >= 15 is 0 Å². The Morgan fingerprint density at radius 1 is 1.21 bits per heavy atom. The molecule has 14 heavy (non-hydrogen) atoms. The van der Waals surface area contributed by atoms with Gasteiger partial charge in [-0.3, -0.25) is 0 Å². The van der Waals surface area contributed by atoms with Gasteiger partial charge in [0.15, 0.2) is 0 Å². The smallest absolute Gasteiger partial charge is 0.0465 e. The van der Waals surface area contributed by atoms with Crippen LogP contribution in [0.1, 0.15) is 53.4 Å². The molecule has 0 amide bonds. The van der Waals surface area contributed by atoms with Crippen LogP contribution >= 0.6 is 11.6 Å². The zero-order valence-corrected chi connectivity index (χ0v) is 11.0. The number of hydrogen-bond acceptors (Lipinski definition) is 1. The Hall–Kier alpha value is 0.250. The molecule has 1 N–H and O–H groups in total. The van der Waals surface area contributed by atoms with Crippen LogP contribution in [0.3, 0.4) is 0 Å². The first-order valence-corrected chi connectivity index (χ1v) is 6.24. The Morgan fingerprint density at radius 3 is 2.36 bits per heavy atom. The highest BCUT2D eigenvalue weighted by atomic mass is 35.5. The summed E-state index contributed by atoms with van der Waals surface area (Å²) < 4.78 is 0. The zero-order chi connectivity index (χ0) is 11.0. The SMILES string of the molecule is CCCCCNCC(Cl)CC(C)(C)C. The van der Waals surface area contributed by atoms with Crippen LogP contribution in [0.25, 0.3) is 0 Å². The zero-order valence-electron chi connectivity index (χ0n) is 10.2. The summed E-state index contributed by atoms with van der Waals surface area (Å²) in [5.74, 6) is 0. The third-order valence-electron chi connectivity index (χ3n) is 2.16. The van der Waals surface area contributed by atoms with E-state index in [4.69, 9.17) is 11.6 Å². The van der Waals surface area contributed by atoms with Crippen molar-refractivity contribution in [2.75, 3.05) is 13.1 Å². The number of unbranched alkanes of at least 4 members (excludes halogenated alkanes) is 2. The summed E-state index contributed by atoms with van der Waals surface area (Å²) in [6.07, 6.45) is 4.96. The van der Waals surface area contributed by atoms with Crippen LogP contribution < -0.4 is 5.32 Å². The van der Waals surface area contributed by atoms with E-state index in [1.807, 2.05) is 0 Å². The molecule has 0 rings (SSSR count). The van der Waals surface area contributed by atoms with E-state index in [0.29, 0.717) is 5.41 Å². The van der Waals surface area contributed by atoms with E-state index in [9.17, 15) is 0 Å². The molecule has 2 heteroatoms. The van der Waals surface area contributed by atoms with Crippen LogP contribution in [0.2, 0.25) is 0 Å². The van der Waals surface area contributed by atoms with E-state index in [2.05, 4.69) is 33.0 Å². The van der Waals surface area contributed by atoms with Crippen molar-refractivity contribution in [3.05, 3.63) is 0 Å². The lowest BCUT2D eigenvalue weighted by Crippen LogP contribution is -2.27. The quantitative estimate of drug-likeness (QED) is 0.507. The minimum Gasteiger partial charge on any atom is -0.315 e. The van der Waals surface area contributed by atoms with Crippen molar-refractivity contribution in [3.8, 4) is 0 Å². The van der Waals surface area contributed by atoms with Gasteiger partial charge in [0.05, 0.1) is 0 Å². The van der Waals surface area contributed by atoms with E-state index in [1.165, 1.54) is 19.3 Å². The van der Waals surface area contributed by atoms with Crippen LogP contribution in [0, 0.1) is 5.41 Å². The van der Waals surface area contributed by atoms with Crippen LogP contribution in [0.5, 0.6) is 0 Å². The molecule has 0 aliphatic rings. The van der Waals surface area contributed by atoms with Crippen molar-refractivity contribution >= 4 is 11.6 Å². The molecule has 1 atom stereocenters. The number of nitrogens with one attached hydrogen (secondary N) is 1. The third kappa shape index (κ3) is 10.3.